The van der Waals surface area contributed by atoms with E-state index in [-0.39, 0.29) is 30.1 Å². The Morgan fingerprint density at radius 2 is 2.16 bits per heavy atom. The van der Waals surface area contributed by atoms with Gasteiger partial charge in [0.05, 0.1) is 19.3 Å². The Kier molecular flexibility index (Phi) is 10.4. The second kappa shape index (κ2) is 11.7. The number of nitrogens with zero attached hydrogens (tertiary/aromatic N) is 2. The van der Waals surface area contributed by atoms with Crippen LogP contribution in [0.25, 0.3) is 0 Å². The molecule has 0 spiro atoms. The zero-order chi connectivity index (χ0) is 17.4. The molecule has 1 saturated heterocycles. The highest BCUT2D eigenvalue weighted by molar-refractivity contribution is 14.0. The van der Waals surface area contributed by atoms with Gasteiger partial charge >= 0.3 is 0 Å². The van der Waals surface area contributed by atoms with Crippen molar-refractivity contribution in [2.45, 2.75) is 39.5 Å². The fourth-order valence-corrected chi connectivity index (χ4v) is 2.86. The van der Waals surface area contributed by atoms with Gasteiger partial charge in [0.25, 0.3) is 0 Å². The molecule has 5 nitrogen and oxygen atoms in total. The van der Waals surface area contributed by atoms with Crippen molar-refractivity contribution >= 4 is 29.9 Å². The predicted octanol–water partition coefficient (Wildman–Crippen LogP) is 3.27. The number of hydrogen-bond donors (Lipinski definition) is 1. The molecule has 0 bridgehead atoms. The summed E-state index contributed by atoms with van der Waals surface area (Å²) in [5, 5.41) is 3.45. The van der Waals surface area contributed by atoms with Gasteiger partial charge in [-0.05, 0) is 31.4 Å². The second-order valence-electron chi connectivity index (χ2n) is 6.69. The van der Waals surface area contributed by atoms with Crippen LogP contribution >= 0.6 is 24.0 Å². The molecular weight excluding hydrogens is 429 g/mol. The third-order valence-corrected chi connectivity index (χ3v) is 4.15. The first-order valence-electron chi connectivity index (χ1n) is 8.77. The molecule has 25 heavy (non-hydrogen) atoms. The smallest absolute Gasteiger partial charge is 0.193 e. The Morgan fingerprint density at radius 3 is 2.80 bits per heavy atom. The Labute approximate surface area is 169 Å². The second-order valence-corrected chi connectivity index (χ2v) is 6.69. The Hall–Kier alpha value is -0.860. The Bertz CT molecular complexity index is 531. The minimum atomic E-state index is 0. The molecule has 6 heteroatoms. The molecule has 0 aliphatic carbocycles. The van der Waals surface area contributed by atoms with E-state index < -0.39 is 0 Å². The summed E-state index contributed by atoms with van der Waals surface area (Å²) in [6, 6.07) is 8.50. The van der Waals surface area contributed by atoms with Crippen LogP contribution in [-0.2, 0) is 22.6 Å². The van der Waals surface area contributed by atoms with E-state index in [2.05, 4.69) is 60.4 Å². The summed E-state index contributed by atoms with van der Waals surface area (Å²) in [6.07, 6.45) is 1.39. The molecule has 1 heterocycles. The van der Waals surface area contributed by atoms with Crippen LogP contribution < -0.4 is 5.32 Å². The third-order valence-electron chi connectivity index (χ3n) is 4.15. The first-order chi connectivity index (χ1) is 11.6. The van der Waals surface area contributed by atoms with Crippen molar-refractivity contribution in [2.75, 3.05) is 33.9 Å². The molecule has 0 aromatic heterocycles. The molecule has 1 aromatic carbocycles. The highest BCUT2D eigenvalue weighted by Gasteiger charge is 2.18. The van der Waals surface area contributed by atoms with Crippen molar-refractivity contribution in [3.63, 3.8) is 0 Å². The molecule has 1 unspecified atom stereocenters. The van der Waals surface area contributed by atoms with Crippen LogP contribution in [0, 0.1) is 5.92 Å². The number of aliphatic imine (C=N–C) groups is 1. The Balaban J connectivity index is 0.00000312. The lowest BCUT2D eigenvalue weighted by atomic mass is 10.1. The van der Waals surface area contributed by atoms with Crippen molar-refractivity contribution in [3.05, 3.63) is 35.4 Å². The predicted molar refractivity (Wildman–Crippen MR) is 114 cm³/mol. The Morgan fingerprint density at radius 1 is 1.40 bits per heavy atom. The average Bonchev–Trinajstić information content (AvgIpc) is 3.07. The largest absolute Gasteiger partial charge is 0.381 e. The van der Waals surface area contributed by atoms with Gasteiger partial charge in [-0.2, -0.15) is 0 Å². The lowest BCUT2D eigenvalue weighted by Gasteiger charge is -2.24. The zero-order valence-corrected chi connectivity index (χ0v) is 18.2. The van der Waals surface area contributed by atoms with Crippen LogP contribution in [0.3, 0.4) is 0 Å². The van der Waals surface area contributed by atoms with Crippen LogP contribution in [0.15, 0.2) is 29.3 Å². The van der Waals surface area contributed by atoms with E-state index in [4.69, 9.17) is 9.47 Å². The SMILES string of the molecule is CN=C(NCc1cccc(COC(C)C)c1)N(C)CC1CCOC1.I. The first kappa shape index (κ1) is 22.2. The monoisotopic (exact) mass is 461 g/mol. The van der Waals surface area contributed by atoms with Gasteiger partial charge in [0.2, 0.25) is 0 Å². The maximum atomic E-state index is 5.68. The first-order valence-corrected chi connectivity index (χ1v) is 8.77. The minimum Gasteiger partial charge on any atom is -0.381 e. The molecule has 1 aliphatic rings. The number of halogens is 1. The standard InChI is InChI=1S/C19H31N3O2.HI/c1-15(2)24-14-17-7-5-6-16(10-17)11-21-19(20-3)22(4)12-18-8-9-23-13-18;/h5-7,10,15,18H,8-9,11-14H2,1-4H3,(H,20,21);1H. The fraction of sp³-hybridized carbons (Fsp3) is 0.632. The van der Waals surface area contributed by atoms with Crippen molar-refractivity contribution in [1.29, 1.82) is 0 Å². The molecule has 0 amide bonds. The van der Waals surface area contributed by atoms with Gasteiger partial charge in [0.1, 0.15) is 0 Å². The fourth-order valence-electron chi connectivity index (χ4n) is 2.86. The van der Waals surface area contributed by atoms with Crippen molar-refractivity contribution < 1.29 is 9.47 Å². The van der Waals surface area contributed by atoms with Gasteiger partial charge in [0, 0.05) is 39.7 Å². The van der Waals surface area contributed by atoms with Gasteiger partial charge < -0.3 is 19.7 Å². The van der Waals surface area contributed by atoms with E-state index in [0.29, 0.717) is 12.5 Å². The molecule has 1 atom stereocenters. The summed E-state index contributed by atoms with van der Waals surface area (Å²) in [6.45, 7) is 8.24. The molecule has 2 rings (SSSR count). The maximum Gasteiger partial charge on any atom is 0.193 e. The number of hydrogen-bond acceptors (Lipinski definition) is 3. The molecular formula is C19H32IN3O2. The van der Waals surface area contributed by atoms with E-state index in [0.717, 1.165) is 38.7 Å². The quantitative estimate of drug-likeness (QED) is 0.385. The number of ether oxygens (including phenoxy) is 2. The topological polar surface area (TPSA) is 46.1 Å². The van der Waals surface area contributed by atoms with E-state index in [1.165, 1.54) is 11.1 Å². The molecule has 1 aliphatic heterocycles. The van der Waals surface area contributed by atoms with Crippen LogP contribution in [0.2, 0.25) is 0 Å². The van der Waals surface area contributed by atoms with Gasteiger partial charge in [-0.15, -0.1) is 24.0 Å². The maximum absolute atomic E-state index is 5.68. The summed E-state index contributed by atoms with van der Waals surface area (Å²) < 4.78 is 11.1. The minimum absolute atomic E-state index is 0. The molecule has 0 saturated carbocycles. The molecule has 142 valence electrons. The van der Waals surface area contributed by atoms with Crippen LogP contribution in [0.4, 0.5) is 0 Å². The van der Waals surface area contributed by atoms with Gasteiger partial charge in [-0.3, -0.25) is 4.99 Å². The van der Waals surface area contributed by atoms with Crippen LogP contribution in [0.1, 0.15) is 31.4 Å². The van der Waals surface area contributed by atoms with Crippen molar-refractivity contribution in [2.24, 2.45) is 10.9 Å². The van der Waals surface area contributed by atoms with Gasteiger partial charge in [-0.25, -0.2) is 0 Å². The molecule has 0 radical (unpaired) electrons. The van der Waals surface area contributed by atoms with E-state index in [9.17, 15) is 0 Å². The van der Waals surface area contributed by atoms with E-state index in [1.54, 1.807) is 0 Å². The zero-order valence-electron chi connectivity index (χ0n) is 15.8. The normalized spacial score (nSPS) is 17.5. The highest BCUT2D eigenvalue weighted by atomic mass is 127. The average molecular weight is 461 g/mol. The summed E-state index contributed by atoms with van der Waals surface area (Å²) in [5.41, 5.74) is 2.44. The summed E-state index contributed by atoms with van der Waals surface area (Å²) in [4.78, 5) is 6.58. The summed E-state index contributed by atoms with van der Waals surface area (Å²) >= 11 is 0. The number of guanidine groups is 1. The van der Waals surface area contributed by atoms with Crippen LogP contribution in [0.5, 0.6) is 0 Å². The molecule has 1 N–H and O–H groups in total. The van der Waals surface area contributed by atoms with E-state index >= 15 is 0 Å². The summed E-state index contributed by atoms with van der Waals surface area (Å²) in [7, 11) is 3.91. The van der Waals surface area contributed by atoms with Crippen molar-refractivity contribution in [3.8, 4) is 0 Å². The third kappa shape index (κ3) is 7.92. The van der Waals surface area contributed by atoms with Crippen molar-refractivity contribution in [1.82, 2.24) is 10.2 Å². The number of nitrogens with one attached hydrogen (secondary N) is 1. The van der Waals surface area contributed by atoms with Gasteiger partial charge in [0.15, 0.2) is 5.96 Å². The van der Waals surface area contributed by atoms with E-state index in [1.807, 2.05) is 7.05 Å². The summed E-state index contributed by atoms with van der Waals surface area (Å²) in [5.74, 6) is 1.52. The highest BCUT2D eigenvalue weighted by Crippen LogP contribution is 2.13. The van der Waals surface area contributed by atoms with Crippen LogP contribution in [-0.4, -0.2) is 50.8 Å². The molecule has 1 fully saturated rings. The number of benzene rings is 1. The lowest BCUT2D eigenvalue weighted by Crippen LogP contribution is -2.41. The number of rotatable bonds is 7. The van der Waals surface area contributed by atoms with Gasteiger partial charge in [-0.1, -0.05) is 24.3 Å². The molecule has 1 aromatic rings. The lowest BCUT2D eigenvalue weighted by molar-refractivity contribution is 0.0657.